The molecule has 1 N–H and O–H groups in total. The fourth-order valence-corrected chi connectivity index (χ4v) is 6.10. The van der Waals surface area contributed by atoms with Crippen molar-refractivity contribution >= 4 is 29.4 Å². The summed E-state index contributed by atoms with van der Waals surface area (Å²) in [7, 11) is 7.14. The molecule has 2 aromatic carbocycles. The number of aryl methyl sites for hydroxylation is 1. The van der Waals surface area contributed by atoms with Gasteiger partial charge in [0.15, 0.2) is 11.5 Å². The van der Waals surface area contributed by atoms with Crippen LogP contribution in [0, 0.1) is 6.92 Å². The average Bonchev–Trinajstić information content (AvgIpc) is 3.26. The van der Waals surface area contributed by atoms with E-state index < -0.39 is 0 Å². The number of likely N-dealkylation sites (N-methyl/N-ethyl adjacent to an activating group) is 1. The van der Waals surface area contributed by atoms with Crippen LogP contribution in [0.4, 0.5) is 5.82 Å². The van der Waals surface area contributed by atoms with E-state index in [2.05, 4.69) is 26.1 Å². The lowest BCUT2D eigenvalue weighted by Crippen LogP contribution is -2.43. The van der Waals surface area contributed by atoms with Gasteiger partial charge in [-0.25, -0.2) is 4.68 Å². The third-order valence-corrected chi connectivity index (χ3v) is 8.19. The Bertz CT molecular complexity index is 1410. The molecule has 0 fully saturated rings. The highest BCUT2D eigenvalue weighted by Gasteiger charge is 2.40. The maximum atomic E-state index is 13.8. The van der Waals surface area contributed by atoms with Crippen LogP contribution in [0.15, 0.2) is 42.5 Å². The first-order valence-corrected chi connectivity index (χ1v) is 14.7. The number of anilines is 1. The lowest BCUT2D eigenvalue weighted by molar-refractivity contribution is -0.122. The Morgan fingerprint density at radius 2 is 1.85 bits per heavy atom. The lowest BCUT2D eigenvalue weighted by atomic mass is 9.87. The molecule has 2 amide bonds. The largest absolute Gasteiger partial charge is 0.493 e. The minimum absolute atomic E-state index is 0.0977. The van der Waals surface area contributed by atoms with Crippen LogP contribution in [0.25, 0.3) is 5.69 Å². The van der Waals surface area contributed by atoms with Crippen LogP contribution in [-0.2, 0) is 15.0 Å². The number of rotatable bonds is 9. The third kappa shape index (κ3) is 6.70. The van der Waals surface area contributed by atoms with Crippen molar-refractivity contribution in [2.45, 2.75) is 38.4 Å². The van der Waals surface area contributed by atoms with E-state index in [1.165, 1.54) is 11.8 Å². The van der Waals surface area contributed by atoms with Crippen molar-refractivity contribution in [1.29, 1.82) is 0 Å². The number of thioether (sulfide) groups is 1. The van der Waals surface area contributed by atoms with Crippen LogP contribution in [0.5, 0.6) is 11.5 Å². The van der Waals surface area contributed by atoms with E-state index >= 15 is 0 Å². The van der Waals surface area contributed by atoms with Crippen molar-refractivity contribution in [2.75, 3.05) is 58.6 Å². The molecule has 1 aromatic heterocycles. The Kier molecular flexibility index (Phi) is 9.34. The molecule has 4 rings (SSSR count). The van der Waals surface area contributed by atoms with Crippen LogP contribution in [0.2, 0.25) is 0 Å². The van der Waals surface area contributed by atoms with Gasteiger partial charge in [0.25, 0.3) is 0 Å². The third-order valence-electron chi connectivity index (χ3n) is 6.94. The number of hydrogen-bond acceptors (Lipinski definition) is 7. The summed E-state index contributed by atoms with van der Waals surface area (Å²) in [5.41, 5.74) is 4.32. The summed E-state index contributed by atoms with van der Waals surface area (Å²) in [5.74, 6) is 1.72. The highest BCUT2D eigenvalue weighted by molar-refractivity contribution is 8.00. The predicted octanol–water partition coefficient (Wildman–Crippen LogP) is 4.34. The number of amides is 2. The average molecular weight is 580 g/mol. The van der Waals surface area contributed by atoms with Crippen molar-refractivity contribution in [3.05, 3.63) is 64.8 Å². The van der Waals surface area contributed by atoms with Crippen molar-refractivity contribution in [1.82, 2.24) is 20.0 Å². The van der Waals surface area contributed by atoms with E-state index in [1.807, 2.05) is 73.1 Å². The van der Waals surface area contributed by atoms with Gasteiger partial charge in [-0.1, -0.05) is 39.0 Å². The first kappa shape index (κ1) is 30.5. The number of carbonyl (C=O) groups is 2. The van der Waals surface area contributed by atoms with Gasteiger partial charge < -0.3 is 19.7 Å². The van der Waals surface area contributed by atoms with Crippen molar-refractivity contribution < 1.29 is 19.1 Å². The van der Waals surface area contributed by atoms with E-state index in [4.69, 9.17) is 14.6 Å². The van der Waals surface area contributed by atoms with Crippen LogP contribution in [0.1, 0.15) is 48.4 Å². The van der Waals surface area contributed by atoms with Gasteiger partial charge in [0.05, 0.1) is 36.6 Å². The number of ether oxygens (including phenoxy) is 2. The van der Waals surface area contributed by atoms with Gasteiger partial charge in [-0.3, -0.25) is 14.5 Å². The second-order valence-electron chi connectivity index (χ2n) is 11.5. The Morgan fingerprint density at radius 3 is 2.49 bits per heavy atom. The second kappa shape index (κ2) is 12.6. The molecule has 0 unspecified atom stereocenters. The Hall–Kier alpha value is -3.50. The molecule has 3 aromatic rings. The van der Waals surface area contributed by atoms with Crippen LogP contribution >= 0.6 is 11.8 Å². The number of nitrogens with one attached hydrogen (secondary N) is 1. The maximum Gasteiger partial charge on any atom is 0.240 e. The Balaban J connectivity index is 1.94. The summed E-state index contributed by atoms with van der Waals surface area (Å²) in [6.45, 7) is 9.50. The lowest BCUT2D eigenvalue weighted by Gasteiger charge is -2.25. The molecule has 0 saturated carbocycles. The van der Waals surface area contributed by atoms with Crippen LogP contribution < -0.4 is 19.7 Å². The zero-order chi connectivity index (χ0) is 29.9. The van der Waals surface area contributed by atoms with E-state index in [1.54, 1.807) is 19.1 Å². The molecular weight excluding hydrogens is 538 g/mol. The van der Waals surface area contributed by atoms with E-state index in [9.17, 15) is 9.59 Å². The Morgan fingerprint density at radius 1 is 1.12 bits per heavy atom. The van der Waals surface area contributed by atoms with Gasteiger partial charge in [-0.2, -0.15) is 5.10 Å². The summed E-state index contributed by atoms with van der Waals surface area (Å²) >= 11 is 1.54. The molecule has 0 aliphatic carbocycles. The second-order valence-corrected chi connectivity index (χ2v) is 12.6. The smallest absolute Gasteiger partial charge is 0.240 e. The molecule has 1 aliphatic heterocycles. The van der Waals surface area contributed by atoms with Crippen molar-refractivity contribution in [3.63, 3.8) is 0 Å². The normalized spacial score (nSPS) is 15.5. The molecule has 9 nitrogen and oxygen atoms in total. The minimum Gasteiger partial charge on any atom is -0.493 e. The molecular formula is C31H41N5O4S. The van der Waals surface area contributed by atoms with Crippen molar-refractivity contribution in [3.8, 4) is 17.2 Å². The summed E-state index contributed by atoms with van der Waals surface area (Å²) in [6, 6.07) is 13.9. The van der Waals surface area contributed by atoms with Crippen LogP contribution in [0.3, 0.4) is 0 Å². The summed E-state index contributed by atoms with van der Waals surface area (Å²) in [5, 5.41) is 7.90. The zero-order valence-electron chi connectivity index (χ0n) is 25.3. The quantitative estimate of drug-likeness (QED) is 0.403. The standard InChI is InChI=1S/C31H41N5O4S/c1-20-10-9-11-22(16-20)36-30-27(29(33-36)31(2,3)4)28(21-12-13-23(39-7)24(17-21)40-8)41-19-26(38)35(30)18-25(37)32-14-15-34(5)6/h9-13,16-17,28H,14-15,18-19H2,1-8H3,(H,32,37)/t28-/m1/s1. The fourth-order valence-electron chi connectivity index (χ4n) is 4.91. The first-order valence-electron chi connectivity index (χ1n) is 13.7. The maximum absolute atomic E-state index is 13.8. The van der Waals surface area contributed by atoms with Crippen LogP contribution in [-0.4, -0.2) is 80.2 Å². The molecule has 1 atom stereocenters. The number of methoxy groups -OCH3 is 2. The molecule has 0 spiro atoms. The van der Waals surface area contributed by atoms with Gasteiger partial charge in [0.2, 0.25) is 11.8 Å². The number of fused-ring (bicyclic) bond motifs is 1. The first-order chi connectivity index (χ1) is 19.4. The number of hydrogen-bond donors (Lipinski definition) is 1. The van der Waals surface area contributed by atoms with E-state index in [0.717, 1.165) is 28.1 Å². The number of aromatic nitrogens is 2. The number of nitrogens with zero attached hydrogens (tertiary/aromatic N) is 4. The van der Waals surface area contributed by atoms with E-state index in [0.29, 0.717) is 30.4 Å². The molecule has 41 heavy (non-hydrogen) atoms. The van der Waals surface area contributed by atoms with Gasteiger partial charge in [0, 0.05) is 24.1 Å². The molecule has 10 heteroatoms. The SMILES string of the molecule is COc1ccc([C@H]2SCC(=O)N(CC(=O)NCCN(C)C)c3c2c(C(C)(C)C)nn3-c2cccc(C)c2)cc1OC. The molecule has 0 radical (unpaired) electrons. The zero-order valence-corrected chi connectivity index (χ0v) is 26.1. The Labute approximate surface area is 247 Å². The van der Waals surface area contributed by atoms with Gasteiger partial charge >= 0.3 is 0 Å². The van der Waals surface area contributed by atoms with Gasteiger partial charge in [0.1, 0.15) is 12.4 Å². The summed E-state index contributed by atoms with van der Waals surface area (Å²) < 4.78 is 13.0. The highest BCUT2D eigenvalue weighted by atomic mass is 32.2. The molecule has 0 bridgehead atoms. The predicted molar refractivity (Wildman–Crippen MR) is 165 cm³/mol. The molecule has 2 heterocycles. The number of benzene rings is 2. The van der Waals surface area contributed by atoms with Gasteiger partial charge in [-0.15, -0.1) is 11.8 Å². The molecule has 0 saturated heterocycles. The van der Waals surface area contributed by atoms with E-state index in [-0.39, 0.29) is 34.8 Å². The molecule has 1 aliphatic rings. The minimum atomic E-state index is -0.346. The van der Waals surface area contributed by atoms with Crippen molar-refractivity contribution in [2.24, 2.45) is 0 Å². The molecule has 220 valence electrons. The summed E-state index contributed by atoms with van der Waals surface area (Å²) in [4.78, 5) is 30.6. The van der Waals surface area contributed by atoms with Gasteiger partial charge in [-0.05, 0) is 56.4 Å². The highest BCUT2D eigenvalue weighted by Crippen LogP contribution is 2.49. The monoisotopic (exact) mass is 579 g/mol. The number of carbonyl (C=O) groups excluding carboxylic acids is 2. The topological polar surface area (TPSA) is 88.9 Å². The fraction of sp³-hybridized carbons (Fsp3) is 0.452. The summed E-state index contributed by atoms with van der Waals surface area (Å²) in [6.07, 6.45) is 0.